The van der Waals surface area contributed by atoms with Gasteiger partial charge < -0.3 is 5.32 Å². The van der Waals surface area contributed by atoms with Crippen molar-refractivity contribution in [2.24, 2.45) is 0 Å². The first-order valence-electron chi connectivity index (χ1n) is 6.04. The molecule has 0 saturated carbocycles. The number of pyridine rings is 1. The zero-order valence-corrected chi connectivity index (χ0v) is 10.6. The Balaban J connectivity index is 2.29. The van der Waals surface area contributed by atoms with Crippen molar-refractivity contribution in [1.82, 2.24) is 10.3 Å². The van der Waals surface area contributed by atoms with E-state index >= 15 is 0 Å². The summed E-state index contributed by atoms with van der Waals surface area (Å²) in [7, 11) is 0. The van der Waals surface area contributed by atoms with Gasteiger partial charge in [0, 0.05) is 29.1 Å². The molecule has 1 aliphatic rings. The summed E-state index contributed by atoms with van der Waals surface area (Å²) >= 11 is 6.07. The molecular formula is C14H15ClN2. The van der Waals surface area contributed by atoms with Crippen LogP contribution in [-0.4, -0.2) is 18.1 Å². The minimum absolute atomic E-state index is 0.786. The van der Waals surface area contributed by atoms with Gasteiger partial charge in [-0.1, -0.05) is 11.6 Å². The molecule has 0 fully saturated rings. The number of rotatable bonds is 0. The number of nitrogens with zero attached hydrogens (tertiary/aromatic N) is 1. The summed E-state index contributed by atoms with van der Waals surface area (Å²) in [6, 6.07) is 5.96. The summed E-state index contributed by atoms with van der Waals surface area (Å²) < 4.78 is 0. The summed E-state index contributed by atoms with van der Waals surface area (Å²) in [5.41, 5.74) is 5.07. The maximum absolute atomic E-state index is 6.07. The lowest BCUT2D eigenvalue weighted by molar-refractivity contribution is 0.708. The molecule has 1 aliphatic heterocycles. The van der Waals surface area contributed by atoms with E-state index in [9.17, 15) is 0 Å². The van der Waals surface area contributed by atoms with Crippen molar-refractivity contribution in [2.45, 2.75) is 19.8 Å². The first-order valence-corrected chi connectivity index (χ1v) is 6.42. The van der Waals surface area contributed by atoms with Gasteiger partial charge in [-0.3, -0.25) is 4.98 Å². The van der Waals surface area contributed by atoms with Gasteiger partial charge in [-0.2, -0.15) is 0 Å². The highest BCUT2D eigenvalue weighted by atomic mass is 35.5. The average Bonchev–Trinajstić information content (AvgIpc) is 2.56. The molecule has 0 bridgehead atoms. The molecule has 1 N–H and O–H groups in total. The molecule has 0 atom stereocenters. The van der Waals surface area contributed by atoms with Gasteiger partial charge in [0.2, 0.25) is 0 Å². The average molecular weight is 247 g/mol. The van der Waals surface area contributed by atoms with Crippen molar-refractivity contribution in [1.29, 1.82) is 0 Å². The molecule has 1 aromatic carbocycles. The van der Waals surface area contributed by atoms with E-state index in [1.54, 1.807) is 0 Å². The molecule has 2 aromatic rings. The molecule has 0 amide bonds. The fourth-order valence-electron chi connectivity index (χ4n) is 2.58. The topological polar surface area (TPSA) is 24.9 Å². The third-order valence-corrected chi connectivity index (χ3v) is 3.74. The number of nitrogens with one attached hydrogen (secondary N) is 1. The number of aromatic nitrogens is 1. The Morgan fingerprint density at radius 3 is 2.94 bits per heavy atom. The molecule has 0 unspecified atom stereocenters. The fourth-order valence-corrected chi connectivity index (χ4v) is 2.75. The van der Waals surface area contributed by atoms with E-state index in [4.69, 9.17) is 16.6 Å². The first kappa shape index (κ1) is 11.0. The van der Waals surface area contributed by atoms with Gasteiger partial charge in [0.15, 0.2) is 0 Å². The van der Waals surface area contributed by atoms with Crippen molar-refractivity contribution in [3.05, 3.63) is 40.0 Å². The van der Waals surface area contributed by atoms with Gasteiger partial charge in [0.1, 0.15) is 0 Å². The minimum Gasteiger partial charge on any atom is -0.316 e. The Morgan fingerprint density at radius 1 is 1.24 bits per heavy atom. The van der Waals surface area contributed by atoms with Gasteiger partial charge in [-0.25, -0.2) is 0 Å². The molecular weight excluding hydrogens is 232 g/mol. The molecule has 1 aromatic heterocycles. The largest absolute Gasteiger partial charge is 0.316 e. The smallest absolute Gasteiger partial charge is 0.0709 e. The Kier molecular flexibility index (Phi) is 2.77. The predicted octanol–water partition coefficient (Wildman–Crippen LogP) is 2.88. The number of hydrogen-bond acceptors (Lipinski definition) is 2. The first-order chi connectivity index (χ1) is 8.25. The highest BCUT2D eigenvalue weighted by molar-refractivity contribution is 6.31. The SMILES string of the molecule is Cc1c2c(nc3ccc(Cl)cc13)CCNCC2. The quantitative estimate of drug-likeness (QED) is 0.773. The van der Waals surface area contributed by atoms with Crippen LogP contribution in [0.5, 0.6) is 0 Å². The summed E-state index contributed by atoms with van der Waals surface area (Å²) in [6.45, 7) is 4.25. The summed E-state index contributed by atoms with van der Waals surface area (Å²) in [5, 5.41) is 5.40. The highest BCUT2D eigenvalue weighted by Gasteiger charge is 2.14. The van der Waals surface area contributed by atoms with E-state index in [2.05, 4.69) is 12.2 Å². The van der Waals surface area contributed by atoms with Crippen LogP contribution >= 0.6 is 11.6 Å². The zero-order chi connectivity index (χ0) is 11.8. The van der Waals surface area contributed by atoms with Crippen LogP contribution in [0.15, 0.2) is 18.2 Å². The van der Waals surface area contributed by atoms with Crippen molar-refractivity contribution >= 4 is 22.5 Å². The summed E-state index contributed by atoms with van der Waals surface area (Å²) in [5.74, 6) is 0. The van der Waals surface area contributed by atoms with Crippen molar-refractivity contribution in [3.8, 4) is 0 Å². The van der Waals surface area contributed by atoms with E-state index in [-0.39, 0.29) is 0 Å². The summed E-state index contributed by atoms with van der Waals surface area (Å²) in [6.07, 6.45) is 2.09. The number of fused-ring (bicyclic) bond motifs is 2. The Bertz CT molecular complexity index is 578. The second-order valence-corrected chi connectivity index (χ2v) is 5.01. The van der Waals surface area contributed by atoms with Crippen LogP contribution in [0.3, 0.4) is 0 Å². The zero-order valence-electron chi connectivity index (χ0n) is 9.89. The third-order valence-electron chi connectivity index (χ3n) is 3.51. The molecule has 88 valence electrons. The van der Waals surface area contributed by atoms with Crippen LogP contribution in [0.2, 0.25) is 5.02 Å². The second kappa shape index (κ2) is 4.28. The molecule has 0 saturated heterocycles. The van der Waals surface area contributed by atoms with E-state index in [0.29, 0.717) is 0 Å². The fraction of sp³-hybridized carbons (Fsp3) is 0.357. The molecule has 3 rings (SSSR count). The normalized spacial score (nSPS) is 15.6. The minimum atomic E-state index is 0.786. The molecule has 2 nitrogen and oxygen atoms in total. The maximum atomic E-state index is 6.07. The second-order valence-electron chi connectivity index (χ2n) is 4.57. The summed E-state index contributed by atoms with van der Waals surface area (Å²) in [4.78, 5) is 4.78. The van der Waals surface area contributed by atoms with E-state index in [1.165, 1.54) is 22.2 Å². The van der Waals surface area contributed by atoms with Crippen LogP contribution in [-0.2, 0) is 12.8 Å². The monoisotopic (exact) mass is 246 g/mol. The maximum Gasteiger partial charge on any atom is 0.0709 e. The third kappa shape index (κ3) is 1.92. The van der Waals surface area contributed by atoms with Crippen LogP contribution in [0.25, 0.3) is 10.9 Å². The molecule has 0 aliphatic carbocycles. The Hall–Kier alpha value is -1.12. The molecule has 2 heterocycles. The predicted molar refractivity (Wildman–Crippen MR) is 71.8 cm³/mol. The van der Waals surface area contributed by atoms with Crippen LogP contribution in [0.4, 0.5) is 0 Å². The van der Waals surface area contributed by atoms with E-state index in [1.807, 2.05) is 18.2 Å². The lowest BCUT2D eigenvalue weighted by Gasteiger charge is -2.12. The number of aryl methyl sites for hydroxylation is 1. The number of hydrogen-bond donors (Lipinski definition) is 1. The molecule has 0 spiro atoms. The van der Waals surface area contributed by atoms with Gasteiger partial charge in [0.05, 0.1) is 5.52 Å². The van der Waals surface area contributed by atoms with Crippen LogP contribution in [0, 0.1) is 6.92 Å². The Morgan fingerprint density at radius 2 is 2.06 bits per heavy atom. The molecule has 0 radical (unpaired) electrons. The van der Waals surface area contributed by atoms with E-state index in [0.717, 1.165) is 36.5 Å². The lowest BCUT2D eigenvalue weighted by Crippen LogP contribution is -2.16. The molecule has 3 heteroatoms. The van der Waals surface area contributed by atoms with Crippen LogP contribution in [0.1, 0.15) is 16.8 Å². The standard InChI is InChI=1S/C14H15ClN2/c1-9-11-4-6-16-7-5-14(11)17-13-3-2-10(15)8-12(9)13/h2-3,8,16H,4-7H2,1H3. The number of benzene rings is 1. The highest BCUT2D eigenvalue weighted by Crippen LogP contribution is 2.26. The van der Waals surface area contributed by atoms with Gasteiger partial charge >= 0.3 is 0 Å². The van der Waals surface area contributed by atoms with Gasteiger partial charge in [-0.15, -0.1) is 0 Å². The van der Waals surface area contributed by atoms with Crippen molar-refractivity contribution in [2.75, 3.05) is 13.1 Å². The number of halogens is 1. The van der Waals surface area contributed by atoms with Gasteiger partial charge in [0.25, 0.3) is 0 Å². The Labute approximate surface area is 106 Å². The molecule has 17 heavy (non-hydrogen) atoms. The van der Waals surface area contributed by atoms with Crippen molar-refractivity contribution < 1.29 is 0 Å². The van der Waals surface area contributed by atoms with E-state index < -0.39 is 0 Å². The van der Waals surface area contributed by atoms with Gasteiger partial charge in [-0.05, 0) is 49.2 Å². The lowest BCUT2D eigenvalue weighted by atomic mass is 9.98. The van der Waals surface area contributed by atoms with Crippen LogP contribution < -0.4 is 5.32 Å². The van der Waals surface area contributed by atoms with Crippen molar-refractivity contribution in [3.63, 3.8) is 0 Å².